The third-order valence-corrected chi connectivity index (χ3v) is 5.12. The summed E-state index contributed by atoms with van der Waals surface area (Å²) in [6, 6.07) is 15.3. The molecule has 1 atom stereocenters. The van der Waals surface area contributed by atoms with Crippen LogP contribution in [0.2, 0.25) is 0 Å². The van der Waals surface area contributed by atoms with E-state index in [9.17, 15) is 0 Å². The van der Waals surface area contributed by atoms with Crippen LogP contribution in [-0.2, 0) is 0 Å². The van der Waals surface area contributed by atoms with Gasteiger partial charge in [-0.3, -0.25) is 4.98 Å². The zero-order valence-corrected chi connectivity index (χ0v) is 13.7. The first kappa shape index (κ1) is 14.5. The molecule has 0 amide bonds. The lowest BCUT2D eigenvalue weighted by atomic mass is 9.96. The van der Waals surface area contributed by atoms with Crippen LogP contribution >= 0.6 is 0 Å². The van der Waals surface area contributed by atoms with Crippen molar-refractivity contribution in [2.24, 2.45) is 0 Å². The van der Waals surface area contributed by atoms with Crippen LogP contribution in [0.1, 0.15) is 42.3 Å². The minimum atomic E-state index is 0.327. The largest absolute Gasteiger partial charge is 0.358 e. The minimum Gasteiger partial charge on any atom is -0.358 e. The first-order valence-corrected chi connectivity index (χ1v) is 8.67. The highest BCUT2D eigenvalue weighted by molar-refractivity contribution is 5.85. The molecule has 1 aliphatic rings. The summed E-state index contributed by atoms with van der Waals surface area (Å²) >= 11 is 0. The summed E-state index contributed by atoms with van der Waals surface area (Å²) < 4.78 is 0. The predicted octanol–water partition coefficient (Wildman–Crippen LogP) is 3.03. The number of nitrogens with one attached hydrogen (secondary N) is 2. The minimum absolute atomic E-state index is 0.327. The Morgan fingerprint density at radius 2 is 1.78 bits per heavy atom. The van der Waals surface area contributed by atoms with Gasteiger partial charge < -0.3 is 9.88 Å². The lowest BCUT2D eigenvalue weighted by molar-refractivity contribution is -0.930. The van der Waals surface area contributed by atoms with Crippen molar-refractivity contribution in [1.82, 2.24) is 9.97 Å². The summed E-state index contributed by atoms with van der Waals surface area (Å²) in [7, 11) is 0. The number of aromatic amines is 1. The second kappa shape index (κ2) is 6.17. The molecule has 0 radical (unpaired) electrons. The molecule has 118 valence electrons. The zero-order valence-electron chi connectivity index (χ0n) is 13.7. The molecule has 3 heteroatoms. The van der Waals surface area contributed by atoms with Gasteiger partial charge in [-0.25, -0.2) is 0 Å². The number of piperidine rings is 1. The number of fused-ring (bicyclic) bond motifs is 1. The molecule has 0 bridgehead atoms. The quantitative estimate of drug-likeness (QED) is 0.766. The van der Waals surface area contributed by atoms with Gasteiger partial charge >= 0.3 is 0 Å². The Kier molecular flexibility index (Phi) is 3.88. The first-order chi connectivity index (χ1) is 11.3. The van der Waals surface area contributed by atoms with Crippen molar-refractivity contribution in [3.05, 3.63) is 65.6 Å². The molecule has 4 rings (SSSR count). The number of benzene rings is 1. The highest BCUT2D eigenvalue weighted by atomic mass is 15.2. The van der Waals surface area contributed by atoms with Crippen LogP contribution in [0.25, 0.3) is 10.9 Å². The van der Waals surface area contributed by atoms with Gasteiger partial charge in [-0.1, -0.05) is 24.3 Å². The Balaban J connectivity index is 1.88. The number of aryl methyl sites for hydroxylation is 1. The molecule has 3 nitrogen and oxygen atoms in total. The number of pyridine rings is 1. The van der Waals surface area contributed by atoms with Crippen molar-refractivity contribution in [3.8, 4) is 0 Å². The van der Waals surface area contributed by atoms with E-state index >= 15 is 0 Å². The normalized spacial score (nSPS) is 17.4. The van der Waals surface area contributed by atoms with Crippen molar-refractivity contribution in [2.45, 2.75) is 32.2 Å². The molecule has 1 saturated heterocycles. The van der Waals surface area contributed by atoms with Gasteiger partial charge in [-0.05, 0) is 44.4 Å². The van der Waals surface area contributed by atoms with Gasteiger partial charge in [-0.2, -0.15) is 0 Å². The lowest BCUT2D eigenvalue weighted by Gasteiger charge is -2.31. The molecule has 0 saturated carbocycles. The Bertz CT molecular complexity index is 785. The Labute approximate surface area is 137 Å². The van der Waals surface area contributed by atoms with E-state index in [1.165, 1.54) is 60.2 Å². The van der Waals surface area contributed by atoms with Gasteiger partial charge in [0.1, 0.15) is 5.69 Å². The Morgan fingerprint density at radius 3 is 2.57 bits per heavy atom. The van der Waals surface area contributed by atoms with Crippen LogP contribution in [0, 0.1) is 6.92 Å². The molecule has 0 spiro atoms. The lowest BCUT2D eigenvalue weighted by Crippen LogP contribution is -3.13. The van der Waals surface area contributed by atoms with E-state index in [-0.39, 0.29) is 0 Å². The standard InChI is InChI=1S/C20H23N3/c1-15-19(16-9-3-4-10-17(16)22-15)20(18-11-5-6-12-21-18)23-13-7-2-8-14-23/h3-6,9-12,20,22H,2,7-8,13-14H2,1H3/p+1/t20-/m1/s1. The Morgan fingerprint density at radius 1 is 1.00 bits per heavy atom. The average molecular weight is 306 g/mol. The molecule has 2 aromatic heterocycles. The number of rotatable bonds is 3. The molecule has 23 heavy (non-hydrogen) atoms. The summed E-state index contributed by atoms with van der Waals surface area (Å²) in [6.45, 7) is 4.68. The summed E-state index contributed by atoms with van der Waals surface area (Å²) in [5, 5.41) is 1.35. The van der Waals surface area contributed by atoms with E-state index in [1.54, 1.807) is 4.90 Å². The van der Waals surface area contributed by atoms with Gasteiger partial charge in [0.2, 0.25) is 0 Å². The fourth-order valence-electron chi connectivity index (χ4n) is 4.07. The molecule has 3 aromatic rings. The van der Waals surface area contributed by atoms with Crippen LogP contribution in [0.4, 0.5) is 0 Å². The van der Waals surface area contributed by atoms with Crippen LogP contribution < -0.4 is 4.90 Å². The third-order valence-electron chi connectivity index (χ3n) is 5.12. The maximum atomic E-state index is 4.72. The second-order valence-electron chi connectivity index (χ2n) is 6.62. The first-order valence-electron chi connectivity index (χ1n) is 8.67. The van der Waals surface area contributed by atoms with E-state index in [1.807, 2.05) is 12.3 Å². The molecule has 1 aliphatic heterocycles. The fraction of sp³-hybridized carbons (Fsp3) is 0.350. The third kappa shape index (κ3) is 2.66. The number of para-hydroxylation sites is 1. The zero-order chi connectivity index (χ0) is 15.6. The fourth-order valence-corrected chi connectivity index (χ4v) is 4.07. The average Bonchev–Trinajstić information content (AvgIpc) is 2.94. The van der Waals surface area contributed by atoms with E-state index in [0.717, 1.165) is 0 Å². The van der Waals surface area contributed by atoms with Crippen molar-refractivity contribution in [1.29, 1.82) is 0 Å². The van der Waals surface area contributed by atoms with E-state index in [2.05, 4.69) is 48.3 Å². The maximum absolute atomic E-state index is 4.72. The summed E-state index contributed by atoms with van der Waals surface area (Å²) in [4.78, 5) is 9.95. The van der Waals surface area contributed by atoms with Crippen LogP contribution in [0.3, 0.4) is 0 Å². The van der Waals surface area contributed by atoms with Gasteiger partial charge in [0.25, 0.3) is 0 Å². The smallest absolute Gasteiger partial charge is 0.158 e. The highest BCUT2D eigenvalue weighted by Gasteiger charge is 2.32. The summed E-state index contributed by atoms with van der Waals surface area (Å²) in [5.74, 6) is 0. The van der Waals surface area contributed by atoms with Crippen LogP contribution in [0.15, 0.2) is 48.7 Å². The van der Waals surface area contributed by atoms with E-state index in [4.69, 9.17) is 4.98 Å². The topological polar surface area (TPSA) is 33.1 Å². The van der Waals surface area contributed by atoms with Gasteiger partial charge in [0.05, 0.1) is 13.1 Å². The summed E-state index contributed by atoms with van der Waals surface area (Å²) in [5.41, 5.74) is 5.13. The predicted molar refractivity (Wildman–Crippen MR) is 93.7 cm³/mol. The number of likely N-dealkylation sites (tertiary alicyclic amines) is 1. The van der Waals surface area contributed by atoms with E-state index in [0.29, 0.717) is 6.04 Å². The van der Waals surface area contributed by atoms with Crippen LogP contribution in [-0.4, -0.2) is 23.1 Å². The molecular formula is C20H24N3+. The van der Waals surface area contributed by atoms with Crippen molar-refractivity contribution < 1.29 is 4.90 Å². The number of hydrogen-bond donors (Lipinski definition) is 2. The molecule has 0 unspecified atom stereocenters. The van der Waals surface area contributed by atoms with Crippen LogP contribution in [0.5, 0.6) is 0 Å². The number of quaternary nitrogens is 1. The van der Waals surface area contributed by atoms with Gasteiger partial charge in [0.15, 0.2) is 6.04 Å². The van der Waals surface area contributed by atoms with E-state index < -0.39 is 0 Å². The number of hydrogen-bond acceptors (Lipinski definition) is 1. The molecule has 2 N–H and O–H groups in total. The maximum Gasteiger partial charge on any atom is 0.158 e. The van der Waals surface area contributed by atoms with Gasteiger partial charge in [0, 0.05) is 28.4 Å². The highest BCUT2D eigenvalue weighted by Crippen LogP contribution is 2.29. The molecule has 0 aliphatic carbocycles. The monoisotopic (exact) mass is 306 g/mol. The Hall–Kier alpha value is -2.13. The summed E-state index contributed by atoms with van der Waals surface area (Å²) in [6.07, 6.45) is 5.93. The van der Waals surface area contributed by atoms with Crippen molar-refractivity contribution in [2.75, 3.05) is 13.1 Å². The number of H-pyrrole nitrogens is 1. The molecule has 1 aromatic carbocycles. The van der Waals surface area contributed by atoms with Gasteiger partial charge in [-0.15, -0.1) is 0 Å². The molecular weight excluding hydrogens is 282 g/mol. The molecule has 1 fully saturated rings. The van der Waals surface area contributed by atoms with Crippen molar-refractivity contribution >= 4 is 10.9 Å². The van der Waals surface area contributed by atoms with Crippen molar-refractivity contribution in [3.63, 3.8) is 0 Å². The number of aromatic nitrogens is 2. The SMILES string of the molecule is Cc1[nH]c2ccccc2c1[C@@H](c1ccccn1)[NH+]1CCCCC1. The number of nitrogens with zero attached hydrogens (tertiary/aromatic N) is 1. The molecule has 3 heterocycles. The second-order valence-corrected chi connectivity index (χ2v) is 6.62.